The second-order valence-corrected chi connectivity index (χ2v) is 7.16. The predicted octanol–water partition coefficient (Wildman–Crippen LogP) is 5.43. The molecule has 0 bridgehead atoms. The highest BCUT2D eigenvalue weighted by Crippen LogP contribution is 2.32. The van der Waals surface area contributed by atoms with Gasteiger partial charge in [-0.1, -0.05) is 19.3 Å². The van der Waals surface area contributed by atoms with E-state index in [1.807, 2.05) is 6.21 Å². The first-order chi connectivity index (χ1) is 11.6. The molecule has 3 rings (SSSR count). The molecule has 0 radical (unpaired) electrons. The van der Waals surface area contributed by atoms with Crippen LogP contribution in [0.25, 0.3) is 0 Å². The molecule has 24 heavy (non-hydrogen) atoms. The summed E-state index contributed by atoms with van der Waals surface area (Å²) >= 11 is 0. The summed E-state index contributed by atoms with van der Waals surface area (Å²) in [6.07, 6.45) is 8.78. The van der Waals surface area contributed by atoms with Gasteiger partial charge in [0.2, 0.25) is 0 Å². The minimum Gasteiger partial charge on any atom is -0.378 e. The van der Waals surface area contributed by atoms with E-state index in [2.05, 4.69) is 72.7 Å². The lowest BCUT2D eigenvalue weighted by Gasteiger charge is -2.26. The van der Waals surface area contributed by atoms with Gasteiger partial charge >= 0.3 is 0 Å². The zero-order chi connectivity index (χ0) is 17.1. The number of benzene rings is 1. The quantitative estimate of drug-likeness (QED) is 0.687. The van der Waals surface area contributed by atoms with Gasteiger partial charge in [0, 0.05) is 49.0 Å². The Kier molecular flexibility index (Phi) is 5.08. The van der Waals surface area contributed by atoms with Gasteiger partial charge < -0.3 is 9.47 Å². The highest BCUT2D eigenvalue weighted by atomic mass is 15.1. The molecule has 0 unspecified atom stereocenters. The second-order valence-electron chi connectivity index (χ2n) is 7.16. The van der Waals surface area contributed by atoms with Gasteiger partial charge in [0.1, 0.15) is 0 Å². The van der Waals surface area contributed by atoms with Crippen molar-refractivity contribution in [2.24, 2.45) is 4.99 Å². The molecule has 1 aliphatic rings. The summed E-state index contributed by atoms with van der Waals surface area (Å²) in [4.78, 5) is 6.78. The van der Waals surface area contributed by atoms with Gasteiger partial charge in [-0.25, -0.2) is 0 Å². The van der Waals surface area contributed by atoms with Crippen molar-refractivity contribution in [3.8, 4) is 0 Å². The molecule has 1 heterocycles. The first kappa shape index (κ1) is 16.8. The number of hydrogen-bond donors (Lipinski definition) is 0. The Hall–Kier alpha value is -2.03. The van der Waals surface area contributed by atoms with E-state index in [9.17, 15) is 0 Å². The molecule has 1 fully saturated rings. The van der Waals surface area contributed by atoms with Crippen molar-refractivity contribution in [3.63, 3.8) is 0 Å². The molecule has 0 spiro atoms. The molecule has 1 aromatic carbocycles. The van der Waals surface area contributed by atoms with Crippen molar-refractivity contribution in [1.29, 1.82) is 0 Å². The van der Waals surface area contributed by atoms with Crippen molar-refractivity contribution in [1.82, 2.24) is 4.57 Å². The van der Waals surface area contributed by atoms with Crippen molar-refractivity contribution in [3.05, 3.63) is 47.3 Å². The van der Waals surface area contributed by atoms with Crippen LogP contribution in [0, 0.1) is 13.8 Å². The summed E-state index contributed by atoms with van der Waals surface area (Å²) in [6.45, 7) is 4.46. The van der Waals surface area contributed by atoms with Crippen LogP contribution in [0.4, 0.5) is 11.4 Å². The Labute approximate surface area is 146 Å². The largest absolute Gasteiger partial charge is 0.378 e. The van der Waals surface area contributed by atoms with E-state index in [1.54, 1.807) is 0 Å². The fourth-order valence-corrected chi connectivity index (χ4v) is 3.82. The van der Waals surface area contributed by atoms with Crippen LogP contribution in [0.15, 0.2) is 35.3 Å². The van der Waals surface area contributed by atoms with Crippen LogP contribution < -0.4 is 4.90 Å². The van der Waals surface area contributed by atoms with Crippen LogP contribution in [-0.4, -0.2) is 24.9 Å². The minimum atomic E-state index is 0.681. The lowest BCUT2D eigenvalue weighted by Crippen LogP contribution is -2.15. The summed E-state index contributed by atoms with van der Waals surface area (Å²) in [5.41, 5.74) is 6.17. The first-order valence-corrected chi connectivity index (χ1v) is 9.06. The van der Waals surface area contributed by atoms with Gasteiger partial charge in [-0.2, -0.15) is 0 Å². The van der Waals surface area contributed by atoms with Gasteiger partial charge in [0.25, 0.3) is 0 Å². The molecule has 128 valence electrons. The number of aryl methyl sites for hydroxylation is 1. The Morgan fingerprint density at radius 3 is 2.33 bits per heavy atom. The molecule has 0 aliphatic heterocycles. The predicted molar refractivity (Wildman–Crippen MR) is 104 cm³/mol. The number of aromatic nitrogens is 1. The molecular formula is C21H29N3. The van der Waals surface area contributed by atoms with Crippen LogP contribution in [0.2, 0.25) is 0 Å². The molecule has 3 heteroatoms. The maximum absolute atomic E-state index is 4.68. The molecule has 1 saturated carbocycles. The lowest BCUT2D eigenvalue weighted by molar-refractivity contribution is 0.346. The van der Waals surface area contributed by atoms with Crippen molar-refractivity contribution in [2.45, 2.75) is 52.0 Å². The number of rotatable bonds is 4. The molecule has 0 amide bonds. The van der Waals surface area contributed by atoms with Gasteiger partial charge in [-0.05, 0) is 57.0 Å². The monoisotopic (exact) mass is 323 g/mol. The fraction of sp³-hybridized carbons (Fsp3) is 0.476. The van der Waals surface area contributed by atoms with E-state index in [1.165, 1.54) is 54.7 Å². The molecule has 0 saturated heterocycles. The Morgan fingerprint density at radius 2 is 1.71 bits per heavy atom. The zero-order valence-electron chi connectivity index (χ0n) is 15.4. The summed E-state index contributed by atoms with van der Waals surface area (Å²) < 4.78 is 2.54. The van der Waals surface area contributed by atoms with Crippen LogP contribution >= 0.6 is 0 Å². The molecule has 3 nitrogen and oxygen atoms in total. The van der Waals surface area contributed by atoms with E-state index in [4.69, 9.17) is 0 Å². The van der Waals surface area contributed by atoms with Gasteiger partial charge in [-0.3, -0.25) is 4.99 Å². The Morgan fingerprint density at radius 1 is 1.04 bits per heavy atom. The van der Waals surface area contributed by atoms with E-state index in [0.29, 0.717) is 6.04 Å². The SMILES string of the molecule is Cc1cc(C=Nc2ccc(N(C)C)cc2)c(C)n1C1CCCCC1. The third-order valence-electron chi connectivity index (χ3n) is 5.18. The number of nitrogens with zero attached hydrogens (tertiary/aromatic N) is 3. The van der Waals surface area contributed by atoms with Crippen molar-refractivity contribution >= 4 is 17.6 Å². The lowest BCUT2D eigenvalue weighted by atomic mass is 9.95. The molecule has 0 atom stereocenters. The number of hydrogen-bond acceptors (Lipinski definition) is 2. The van der Waals surface area contributed by atoms with Gasteiger partial charge in [0.05, 0.1) is 5.69 Å². The van der Waals surface area contributed by atoms with Crippen molar-refractivity contribution < 1.29 is 0 Å². The van der Waals surface area contributed by atoms with Crippen LogP contribution in [0.3, 0.4) is 0 Å². The highest BCUT2D eigenvalue weighted by Gasteiger charge is 2.19. The minimum absolute atomic E-state index is 0.681. The van der Waals surface area contributed by atoms with E-state index in [-0.39, 0.29) is 0 Å². The van der Waals surface area contributed by atoms with Crippen LogP contribution in [-0.2, 0) is 0 Å². The highest BCUT2D eigenvalue weighted by molar-refractivity contribution is 5.84. The van der Waals surface area contributed by atoms with Crippen LogP contribution in [0.1, 0.15) is 55.1 Å². The normalized spacial score (nSPS) is 16.0. The molecule has 1 aromatic heterocycles. The molecule has 1 aliphatic carbocycles. The standard InChI is InChI=1S/C21H29N3/c1-16-14-18(17(2)24(16)21-8-6-5-7-9-21)15-22-19-10-12-20(13-11-19)23(3)4/h10-15,21H,5-9H2,1-4H3. The topological polar surface area (TPSA) is 20.5 Å². The van der Waals surface area contributed by atoms with E-state index >= 15 is 0 Å². The zero-order valence-corrected chi connectivity index (χ0v) is 15.4. The van der Waals surface area contributed by atoms with Crippen LogP contribution in [0.5, 0.6) is 0 Å². The van der Waals surface area contributed by atoms with Gasteiger partial charge in [-0.15, -0.1) is 0 Å². The smallest absolute Gasteiger partial charge is 0.0631 e. The van der Waals surface area contributed by atoms with E-state index < -0.39 is 0 Å². The summed E-state index contributed by atoms with van der Waals surface area (Å²) in [6, 6.07) is 11.3. The maximum atomic E-state index is 4.68. The molecule has 2 aromatic rings. The Bertz CT molecular complexity index is 701. The van der Waals surface area contributed by atoms with E-state index in [0.717, 1.165) is 5.69 Å². The Balaban J connectivity index is 1.79. The van der Waals surface area contributed by atoms with Crippen molar-refractivity contribution in [2.75, 3.05) is 19.0 Å². The van der Waals surface area contributed by atoms with Gasteiger partial charge in [0.15, 0.2) is 0 Å². The maximum Gasteiger partial charge on any atom is 0.0631 e. The summed E-state index contributed by atoms with van der Waals surface area (Å²) in [7, 11) is 4.11. The molecule has 0 N–H and O–H groups in total. The summed E-state index contributed by atoms with van der Waals surface area (Å²) in [5, 5.41) is 0. The molecular weight excluding hydrogens is 294 g/mol. The third-order valence-corrected chi connectivity index (χ3v) is 5.18. The third kappa shape index (κ3) is 3.55. The first-order valence-electron chi connectivity index (χ1n) is 9.06. The number of anilines is 1. The number of aliphatic imine (C=N–C) groups is 1. The average Bonchev–Trinajstić information content (AvgIpc) is 2.88. The average molecular weight is 323 g/mol. The second kappa shape index (κ2) is 7.25. The summed E-state index contributed by atoms with van der Waals surface area (Å²) in [5.74, 6) is 0. The fourth-order valence-electron chi connectivity index (χ4n) is 3.82.